The maximum atomic E-state index is 11.4. The first-order valence-electron chi connectivity index (χ1n) is 6.64. The summed E-state index contributed by atoms with van der Waals surface area (Å²) in [7, 11) is 0. The summed E-state index contributed by atoms with van der Waals surface area (Å²) >= 11 is 0. The second-order valence-electron chi connectivity index (χ2n) is 5.52. The number of ether oxygens (including phenoxy) is 1. The molecule has 1 fully saturated rings. The van der Waals surface area contributed by atoms with Gasteiger partial charge in [0.2, 0.25) is 0 Å². The number of carboxylic acids is 1. The summed E-state index contributed by atoms with van der Waals surface area (Å²) in [6, 6.07) is 0. The van der Waals surface area contributed by atoms with Crippen molar-refractivity contribution in [1.29, 1.82) is 0 Å². The Morgan fingerprint density at radius 1 is 1.44 bits per heavy atom. The van der Waals surface area contributed by atoms with E-state index in [1.54, 1.807) is 6.92 Å². The number of rotatable bonds is 6. The molecule has 2 atom stereocenters. The van der Waals surface area contributed by atoms with Crippen LogP contribution in [0.2, 0.25) is 0 Å². The van der Waals surface area contributed by atoms with Crippen LogP contribution in [0.15, 0.2) is 0 Å². The second-order valence-corrected chi connectivity index (χ2v) is 5.52. The van der Waals surface area contributed by atoms with E-state index in [2.05, 4.69) is 0 Å². The topological polar surface area (TPSA) is 70.0 Å². The van der Waals surface area contributed by atoms with E-state index < -0.39 is 17.6 Å². The van der Waals surface area contributed by atoms with Crippen LogP contribution in [0.25, 0.3) is 0 Å². The van der Waals surface area contributed by atoms with Crippen molar-refractivity contribution in [2.45, 2.75) is 57.8 Å². The molecule has 5 nitrogen and oxygen atoms in total. The van der Waals surface area contributed by atoms with Gasteiger partial charge >= 0.3 is 5.97 Å². The zero-order chi connectivity index (χ0) is 13.8. The molecule has 1 aliphatic rings. The van der Waals surface area contributed by atoms with Gasteiger partial charge in [0.25, 0.3) is 0 Å². The van der Waals surface area contributed by atoms with Gasteiger partial charge in [0, 0.05) is 6.54 Å². The molecule has 0 spiro atoms. The highest BCUT2D eigenvalue weighted by Gasteiger charge is 2.41. The van der Waals surface area contributed by atoms with E-state index in [1.807, 2.05) is 18.7 Å². The Balaban J connectivity index is 2.54. The van der Waals surface area contributed by atoms with Crippen molar-refractivity contribution in [3.63, 3.8) is 0 Å². The zero-order valence-corrected chi connectivity index (χ0v) is 11.6. The molecule has 2 N–H and O–H groups in total. The third kappa shape index (κ3) is 3.93. The number of aliphatic carboxylic acids is 1. The predicted molar refractivity (Wildman–Crippen MR) is 68.6 cm³/mol. The Morgan fingerprint density at radius 3 is 2.67 bits per heavy atom. The van der Waals surface area contributed by atoms with Crippen molar-refractivity contribution in [1.82, 2.24) is 4.90 Å². The summed E-state index contributed by atoms with van der Waals surface area (Å²) in [6.45, 7) is 6.90. The molecule has 106 valence electrons. The highest BCUT2D eigenvalue weighted by atomic mass is 16.5. The first kappa shape index (κ1) is 15.4. The zero-order valence-electron chi connectivity index (χ0n) is 11.6. The number of hydrogen-bond acceptors (Lipinski definition) is 4. The highest BCUT2D eigenvalue weighted by Crippen LogP contribution is 2.28. The second kappa shape index (κ2) is 6.50. The van der Waals surface area contributed by atoms with E-state index >= 15 is 0 Å². The van der Waals surface area contributed by atoms with Gasteiger partial charge in [0.1, 0.15) is 5.54 Å². The summed E-state index contributed by atoms with van der Waals surface area (Å²) in [5.41, 5.74) is -0.850. The molecule has 0 radical (unpaired) electrons. The maximum Gasteiger partial charge on any atom is 0.323 e. The van der Waals surface area contributed by atoms with Gasteiger partial charge in [0.05, 0.1) is 18.8 Å². The summed E-state index contributed by atoms with van der Waals surface area (Å²) in [5.74, 6) is -0.806. The SMILES string of the molecule is CC(C)OCC(O)CN1CCCCC1(C)C(=O)O. The molecule has 0 bridgehead atoms. The van der Waals surface area contributed by atoms with E-state index in [0.717, 1.165) is 19.4 Å². The van der Waals surface area contributed by atoms with Crippen molar-refractivity contribution in [2.24, 2.45) is 0 Å². The van der Waals surface area contributed by atoms with Crippen molar-refractivity contribution < 1.29 is 19.7 Å². The van der Waals surface area contributed by atoms with Crippen LogP contribution in [0.3, 0.4) is 0 Å². The number of aliphatic hydroxyl groups excluding tert-OH is 1. The molecule has 0 aromatic heterocycles. The standard InChI is InChI=1S/C13H25NO4/c1-10(2)18-9-11(15)8-14-7-5-4-6-13(14,3)12(16)17/h10-11,15H,4-9H2,1-3H3,(H,16,17). The number of carbonyl (C=O) groups is 1. The van der Waals surface area contributed by atoms with Gasteiger partial charge in [-0.05, 0) is 46.6 Å². The number of β-amino-alcohol motifs (C(OH)–C–C–N with tert-alkyl or cyclic N) is 1. The van der Waals surface area contributed by atoms with E-state index in [-0.39, 0.29) is 12.7 Å². The molecule has 2 unspecified atom stereocenters. The molecular weight excluding hydrogens is 234 g/mol. The minimum Gasteiger partial charge on any atom is -0.480 e. The van der Waals surface area contributed by atoms with Gasteiger partial charge in [-0.15, -0.1) is 0 Å². The van der Waals surface area contributed by atoms with Gasteiger partial charge < -0.3 is 14.9 Å². The Bertz CT molecular complexity index is 282. The Hall–Kier alpha value is -0.650. The number of aliphatic hydroxyl groups is 1. The smallest absolute Gasteiger partial charge is 0.323 e. The van der Waals surface area contributed by atoms with E-state index in [4.69, 9.17) is 4.74 Å². The lowest BCUT2D eigenvalue weighted by Crippen LogP contribution is -2.57. The molecule has 1 rings (SSSR count). The Kier molecular flexibility index (Phi) is 5.56. The van der Waals surface area contributed by atoms with Crippen molar-refractivity contribution in [2.75, 3.05) is 19.7 Å². The Morgan fingerprint density at radius 2 is 2.11 bits per heavy atom. The highest BCUT2D eigenvalue weighted by molar-refractivity contribution is 5.78. The third-order valence-electron chi connectivity index (χ3n) is 3.55. The predicted octanol–water partition coefficient (Wildman–Crippen LogP) is 1.10. The fourth-order valence-corrected chi connectivity index (χ4v) is 2.32. The lowest BCUT2D eigenvalue weighted by molar-refractivity contribution is -0.154. The fourth-order valence-electron chi connectivity index (χ4n) is 2.32. The van der Waals surface area contributed by atoms with Crippen LogP contribution in [0.4, 0.5) is 0 Å². The maximum absolute atomic E-state index is 11.4. The number of carboxylic acid groups (broad SMARTS) is 1. The molecule has 1 heterocycles. The number of piperidine rings is 1. The van der Waals surface area contributed by atoms with Gasteiger partial charge in [0.15, 0.2) is 0 Å². The fraction of sp³-hybridized carbons (Fsp3) is 0.923. The molecule has 0 aromatic rings. The molecule has 0 aliphatic carbocycles. The van der Waals surface area contributed by atoms with Crippen LogP contribution >= 0.6 is 0 Å². The molecule has 1 saturated heterocycles. The van der Waals surface area contributed by atoms with Gasteiger partial charge in [-0.1, -0.05) is 0 Å². The molecule has 0 saturated carbocycles. The first-order valence-corrected chi connectivity index (χ1v) is 6.64. The largest absolute Gasteiger partial charge is 0.480 e. The molecule has 18 heavy (non-hydrogen) atoms. The summed E-state index contributed by atoms with van der Waals surface area (Å²) < 4.78 is 5.35. The monoisotopic (exact) mass is 259 g/mol. The van der Waals surface area contributed by atoms with E-state index in [0.29, 0.717) is 13.0 Å². The normalized spacial score (nSPS) is 27.4. The molecule has 5 heteroatoms. The lowest BCUT2D eigenvalue weighted by Gasteiger charge is -2.42. The van der Waals surface area contributed by atoms with Crippen molar-refractivity contribution in [3.05, 3.63) is 0 Å². The van der Waals surface area contributed by atoms with Crippen molar-refractivity contribution in [3.8, 4) is 0 Å². The lowest BCUT2D eigenvalue weighted by atomic mass is 9.88. The van der Waals surface area contributed by atoms with Crippen LogP contribution in [-0.4, -0.2) is 58.5 Å². The molecule has 1 aliphatic heterocycles. The average Bonchev–Trinajstić information content (AvgIpc) is 2.29. The molecule has 0 aromatic carbocycles. The minimum atomic E-state index is -0.850. The molecule has 0 amide bonds. The minimum absolute atomic E-state index is 0.0758. The van der Waals surface area contributed by atoms with Crippen LogP contribution in [-0.2, 0) is 9.53 Å². The summed E-state index contributed by atoms with van der Waals surface area (Å²) in [4.78, 5) is 13.2. The molecular formula is C13H25NO4. The summed E-state index contributed by atoms with van der Waals surface area (Å²) in [5, 5.41) is 19.2. The number of nitrogens with zero attached hydrogens (tertiary/aromatic N) is 1. The average molecular weight is 259 g/mol. The van der Waals surface area contributed by atoms with Crippen molar-refractivity contribution >= 4 is 5.97 Å². The number of likely N-dealkylation sites (tertiary alicyclic amines) is 1. The van der Waals surface area contributed by atoms with Crippen LogP contribution in [0.1, 0.15) is 40.0 Å². The quantitative estimate of drug-likeness (QED) is 0.747. The first-order chi connectivity index (χ1) is 8.36. The Labute approximate surface area is 109 Å². The van der Waals surface area contributed by atoms with Crippen LogP contribution in [0, 0.1) is 0 Å². The van der Waals surface area contributed by atoms with Gasteiger partial charge in [-0.25, -0.2) is 0 Å². The van der Waals surface area contributed by atoms with E-state index in [1.165, 1.54) is 0 Å². The van der Waals surface area contributed by atoms with Crippen LogP contribution in [0.5, 0.6) is 0 Å². The van der Waals surface area contributed by atoms with Crippen LogP contribution < -0.4 is 0 Å². The number of hydrogen-bond donors (Lipinski definition) is 2. The van der Waals surface area contributed by atoms with E-state index in [9.17, 15) is 15.0 Å². The van der Waals surface area contributed by atoms with Gasteiger partial charge in [-0.3, -0.25) is 9.69 Å². The third-order valence-corrected chi connectivity index (χ3v) is 3.55. The summed E-state index contributed by atoms with van der Waals surface area (Å²) in [6.07, 6.45) is 1.99. The van der Waals surface area contributed by atoms with Gasteiger partial charge in [-0.2, -0.15) is 0 Å².